The molecule has 2 aliphatic rings. The summed E-state index contributed by atoms with van der Waals surface area (Å²) < 4.78 is 16.9. The fraction of sp³-hybridized carbons (Fsp3) is 0.618. The number of carbonyl (C=O) groups is 1. The molecule has 1 fully saturated rings. The highest BCUT2D eigenvalue weighted by atomic mass is 16.6. The van der Waals surface area contributed by atoms with Crippen LogP contribution < -0.4 is 4.74 Å². The molecular weight excluding hydrogens is 520 g/mol. The first-order valence-electron chi connectivity index (χ1n) is 15.5. The molecular formula is C34H48O7. The summed E-state index contributed by atoms with van der Waals surface area (Å²) in [5, 5.41) is 31.8. The number of fused-ring (bicyclic) bond motifs is 2. The third-order valence-electron chi connectivity index (χ3n) is 8.79. The van der Waals surface area contributed by atoms with Crippen molar-refractivity contribution < 1.29 is 34.3 Å². The summed E-state index contributed by atoms with van der Waals surface area (Å²) in [7, 11) is 0. The van der Waals surface area contributed by atoms with Crippen LogP contribution >= 0.6 is 0 Å². The second kappa shape index (κ2) is 15.7. The van der Waals surface area contributed by atoms with E-state index in [4.69, 9.17) is 14.2 Å². The summed E-state index contributed by atoms with van der Waals surface area (Å²) in [6.45, 7) is 4.06. The maximum atomic E-state index is 12.2. The van der Waals surface area contributed by atoms with Crippen molar-refractivity contribution in [2.75, 3.05) is 6.61 Å². The largest absolute Gasteiger partial charge is 0.488 e. The van der Waals surface area contributed by atoms with Gasteiger partial charge in [-0.2, -0.15) is 0 Å². The summed E-state index contributed by atoms with van der Waals surface area (Å²) >= 11 is 0. The minimum Gasteiger partial charge on any atom is -0.488 e. The molecule has 2 aromatic carbocycles. The summed E-state index contributed by atoms with van der Waals surface area (Å²) in [5.41, 5.74) is 3.29. The normalized spacial score (nSPS) is 23.7. The van der Waals surface area contributed by atoms with Crippen LogP contribution in [-0.4, -0.2) is 52.5 Å². The molecule has 7 nitrogen and oxygen atoms in total. The Morgan fingerprint density at radius 2 is 1.83 bits per heavy atom. The molecule has 0 amide bonds. The molecule has 7 heteroatoms. The number of ether oxygens (including phenoxy) is 3. The lowest BCUT2D eigenvalue weighted by molar-refractivity contribution is -0.164. The first kappa shape index (κ1) is 31.5. The molecule has 0 spiro atoms. The Hall–Kier alpha value is -2.45. The Morgan fingerprint density at radius 3 is 2.61 bits per heavy atom. The first-order valence-corrected chi connectivity index (χ1v) is 15.5. The molecule has 7 unspecified atom stereocenters. The molecule has 0 saturated heterocycles. The van der Waals surface area contributed by atoms with E-state index in [0.29, 0.717) is 11.8 Å². The SMILES string of the molecule is CCCCCC(O)CCC1C(O)CC2Cc3c(cccc3OCC(O)OC(C)CC(=O)OCc3ccccc3)CC21. The minimum atomic E-state index is -1.18. The van der Waals surface area contributed by atoms with Crippen molar-refractivity contribution in [2.45, 2.75) is 109 Å². The van der Waals surface area contributed by atoms with Crippen molar-refractivity contribution >= 4 is 5.97 Å². The van der Waals surface area contributed by atoms with E-state index in [-0.39, 0.29) is 43.7 Å². The molecule has 2 aromatic rings. The lowest BCUT2D eigenvalue weighted by Crippen LogP contribution is -2.29. The Morgan fingerprint density at radius 1 is 1.02 bits per heavy atom. The van der Waals surface area contributed by atoms with Crippen LogP contribution in [0.25, 0.3) is 0 Å². The Balaban J connectivity index is 1.24. The van der Waals surface area contributed by atoms with Crippen LogP contribution in [0.2, 0.25) is 0 Å². The maximum absolute atomic E-state index is 12.2. The van der Waals surface area contributed by atoms with E-state index in [1.54, 1.807) is 6.92 Å². The average Bonchev–Trinajstić information content (AvgIpc) is 3.26. The van der Waals surface area contributed by atoms with Gasteiger partial charge in [0, 0.05) is 0 Å². The molecule has 4 rings (SSSR count). The van der Waals surface area contributed by atoms with Gasteiger partial charge < -0.3 is 29.5 Å². The van der Waals surface area contributed by atoms with Crippen LogP contribution in [0.5, 0.6) is 5.75 Å². The van der Waals surface area contributed by atoms with Crippen LogP contribution in [0.3, 0.4) is 0 Å². The van der Waals surface area contributed by atoms with Crippen molar-refractivity contribution in [1.29, 1.82) is 0 Å². The third-order valence-corrected chi connectivity index (χ3v) is 8.79. The van der Waals surface area contributed by atoms with E-state index in [9.17, 15) is 20.1 Å². The van der Waals surface area contributed by atoms with Gasteiger partial charge in [-0.3, -0.25) is 4.79 Å². The number of benzene rings is 2. The molecule has 0 aliphatic heterocycles. The molecule has 0 radical (unpaired) electrons. The monoisotopic (exact) mass is 568 g/mol. The topological polar surface area (TPSA) is 105 Å². The van der Waals surface area contributed by atoms with E-state index < -0.39 is 12.4 Å². The third kappa shape index (κ3) is 9.27. The van der Waals surface area contributed by atoms with Crippen molar-refractivity contribution in [3.05, 3.63) is 65.2 Å². The molecule has 41 heavy (non-hydrogen) atoms. The lowest BCUT2D eigenvalue weighted by atomic mass is 9.73. The van der Waals surface area contributed by atoms with Gasteiger partial charge in [-0.15, -0.1) is 0 Å². The molecule has 0 heterocycles. The van der Waals surface area contributed by atoms with Gasteiger partial charge >= 0.3 is 5.97 Å². The van der Waals surface area contributed by atoms with Crippen LogP contribution in [0.15, 0.2) is 48.5 Å². The summed E-state index contributed by atoms with van der Waals surface area (Å²) in [4.78, 5) is 12.2. The number of rotatable bonds is 16. The first-order chi connectivity index (χ1) is 19.8. The Bertz CT molecular complexity index is 1070. The van der Waals surface area contributed by atoms with E-state index in [1.807, 2.05) is 42.5 Å². The quantitative estimate of drug-likeness (QED) is 0.142. The number of hydrogen-bond acceptors (Lipinski definition) is 7. The van der Waals surface area contributed by atoms with E-state index in [1.165, 1.54) is 5.56 Å². The zero-order chi connectivity index (χ0) is 29.2. The Kier molecular flexibility index (Phi) is 12.0. The molecule has 0 aromatic heterocycles. The van der Waals surface area contributed by atoms with Gasteiger partial charge in [-0.1, -0.05) is 68.7 Å². The number of carbonyl (C=O) groups excluding carboxylic acids is 1. The fourth-order valence-corrected chi connectivity index (χ4v) is 6.65. The zero-order valence-corrected chi connectivity index (χ0v) is 24.6. The van der Waals surface area contributed by atoms with Crippen LogP contribution in [-0.2, 0) is 33.7 Å². The summed E-state index contributed by atoms with van der Waals surface area (Å²) in [6.07, 6.45) is 6.07. The standard InChI is InChI=1S/C34H48O7/c1-3-4-6-13-27(35)15-16-28-29-18-25-12-9-14-32(30(25)19-26(29)20-31(28)36)39-22-34(38)41-23(2)17-33(37)40-21-24-10-7-5-8-11-24/h5,7-12,14,23,26-29,31,34-36,38H,3-4,6,13,15-22H2,1-2H3. The highest BCUT2D eigenvalue weighted by Crippen LogP contribution is 2.48. The van der Waals surface area contributed by atoms with Gasteiger partial charge in [0.25, 0.3) is 0 Å². The highest BCUT2D eigenvalue weighted by Gasteiger charge is 2.44. The predicted molar refractivity (Wildman–Crippen MR) is 157 cm³/mol. The second-order valence-corrected chi connectivity index (χ2v) is 12.0. The number of esters is 1. The maximum Gasteiger partial charge on any atom is 0.308 e. The fourth-order valence-electron chi connectivity index (χ4n) is 6.65. The van der Waals surface area contributed by atoms with Gasteiger partial charge in [0.05, 0.1) is 24.7 Å². The molecule has 2 aliphatic carbocycles. The highest BCUT2D eigenvalue weighted by molar-refractivity contribution is 5.69. The van der Waals surface area contributed by atoms with E-state index in [0.717, 1.165) is 74.7 Å². The van der Waals surface area contributed by atoms with Crippen LogP contribution in [0.1, 0.15) is 81.9 Å². The van der Waals surface area contributed by atoms with Gasteiger partial charge in [0.2, 0.25) is 0 Å². The van der Waals surface area contributed by atoms with Crippen molar-refractivity contribution in [2.24, 2.45) is 17.8 Å². The number of aliphatic hydroxyl groups is 3. The molecule has 1 saturated carbocycles. The minimum absolute atomic E-state index is 0.0347. The summed E-state index contributed by atoms with van der Waals surface area (Å²) in [6, 6.07) is 15.5. The molecule has 3 N–H and O–H groups in total. The number of aliphatic hydroxyl groups excluding tert-OH is 3. The predicted octanol–water partition coefficient (Wildman–Crippen LogP) is 5.36. The number of unbranched alkanes of at least 4 members (excludes halogenated alkanes) is 2. The van der Waals surface area contributed by atoms with Crippen LogP contribution in [0, 0.1) is 17.8 Å². The van der Waals surface area contributed by atoms with Crippen molar-refractivity contribution in [1.82, 2.24) is 0 Å². The molecule has 226 valence electrons. The average molecular weight is 569 g/mol. The zero-order valence-electron chi connectivity index (χ0n) is 24.6. The molecule has 7 atom stereocenters. The van der Waals surface area contributed by atoms with Crippen LogP contribution in [0.4, 0.5) is 0 Å². The van der Waals surface area contributed by atoms with E-state index >= 15 is 0 Å². The smallest absolute Gasteiger partial charge is 0.308 e. The van der Waals surface area contributed by atoms with Gasteiger partial charge in [-0.25, -0.2) is 0 Å². The number of hydrogen-bond donors (Lipinski definition) is 3. The second-order valence-electron chi connectivity index (χ2n) is 12.0. The van der Waals surface area contributed by atoms with Gasteiger partial charge in [-0.05, 0) is 86.0 Å². The lowest BCUT2D eigenvalue weighted by Gasteiger charge is -2.32. The molecule has 0 bridgehead atoms. The van der Waals surface area contributed by atoms with E-state index in [2.05, 4.69) is 13.0 Å². The van der Waals surface area contributed by atoms with Crippen molar-refractivity contribution in [3.8, 4) is 5.75 Å². The van der Waals surface area contributed by atoms with Gasteiger partial charge in [0.15, 0.2) is 6.29 Å². The Labute approximate surface area is 244 Å². The van der Waals surface area contributed by atoms with Gasteiger partial charge in [0.1, 0.15) is 19.0 Å². The summed E-state index contributed by atoms with van der Waals surface area (Å²) in [5.74, 6) is 1.36. The van der Waals surface area contributed by atoms with Crippen molar-refractivity contribution in [3.63, 3.8) is 0 Å².